The third-order valence-electron chi connectivity index (χ3n) is 2.89. The highest BCUT2D eigenvalue weighted by atomic mass is 15.3. The van der Waals surface area contributed by atoms with Gasteiger partial charge in [0.25, 0.3) is 0 Å². The number of nitrogens with one attached hydrogen (secondary N) is 1. The van der Waals surface area contributed by atoms with Gasteiger partial charge in [0.1, 0.15) is 5.82 Å². The Balaban J connectivity index is 2.27. The van der Waals surface area contributed by atoms with Crippen molar-refractivity contribution in [2.75, 3.05) is 16.8 Å². The summed E-state index contributed by atoms with van der Waals surface area (Å²) in [6, 6.07) is 6.33. The first-order valence-electron chi connectivity index (χ1n) is 5.76. The Morgan fingerprint density at radius 3 is 2.94 bits per heavy atom. The molecular weight excluding hydrogens is 196 g/mol. The van der Waals surface area contributed by atoms with Gasteiger partial charge in [-0.3, -0.25) is 0 Å². The van der Waals surface area contributed by atoms with Crippen molar-refractivity contribution in [2.24, 2.45) is 0 Å². The molecule has 2 nitrogen and oxygen atoms in total. The lowest BCUT2D eigenvalue weighted by molar-refractivity contribution is 0.776. The second kappa shape index (κ2) is 4.44. The number of fused-ring (bicyclic) bond motifs is 1. The quantitative estimate of drug-likeness (QED) is 0.819. The number of benzene rings is 1. The highest BCUT2D eigenvalue weighted by Crippen LogP contribution is 2.36. The number of hydrogen-bond acceptors (Lipinski definition) is 2. The Kier molecular flexibility index (Phi) is 3.00. The largest absolute Gasteiger partial charge is 0.340 e. The second-order valence-corrected chi connectivity index (χ2v) is 4.06. The standard InChI is InChI=1S/C14H18N2/c1-4-6-9-16-11(3)15-13-10-12(5-2)7-8-14(13)16/h5,7-8,10,15H,2-4,6,9H2,1H3. The summed E-state index contributed by atoms with van der Waals surface area (Å²) in [5.74, 6) is 0.977. The smallest absolute Gasteiger partial charge is 0.103 e. The molecule has 16 heavy (non-hydrogen) atoms. The molecule has 1 aliphatic heterocycles. The van der Waals surface area contributed by atoms with E-state index in [1.54, 1.807) is 0 Å². The van der Waals surface area contributed by atoms with Gasteiger partial charge >= 0.3 is 0 Å². The van der Waals surface area contributed by atoms with Crippen LogP contribution in [0, 0.1) is 0 Å². The molecule has 0 aliphatic carbocycles. The topological polar surface area (TPSA) is 15.3 Å². The molecule has 0 spiro atoms. The molecule has 1 N–H and O–H groups in total. The average molecular weight is 214 g/mol. The molecule has 0 fully saturated rings. The molecule has 0 aromatic heterocycles. The van der Waals surface area contributed by atoms with Crippen LogP contribution in [0.4, 0.5) is 11.4 Å². The van der Waals surface area contributed by atoms with Gasteiger partial charge in [-0.15, -0.1) is 0 Å². The summed E-state index contributed by atoms with van der Waals surface area (Å²) in [6.07, 6.45) is 4.24. The highest BCUT2D eigenvalue weighted by Gasteiger charge is 2.21. The molecule has 0 saturated carbocycles. The number of unbranched alkanes of at least 4 members (excludes halogenated alkanes) is 1. The Labute approximate surface area is 97.3 Å². The molecule has 1 aliphatic rings. The SMILES string of the molecule is C=Cc1ccc2c(c1)NC(=C)N2CCCC. The zero-order valence-corrected chi connectivity index (χ0v) is 9.79. The molecule has 0 atom stereocenters. The average Bonchev–Trinajstić information content (AvgIpc) is 2.61. The summed E-state index contributed by atoms with van der Waals surface area (Å²) in [5.41, 5.74) is 3.50. The maximum absolute atomic E-state index is 4.05. The van der Waals surface area contributed by atoms with Gasteiger partial charge in [0.05, 0.1) is 11.4 Å². The molecule has 2 heteroatoms. The predicted octanol–water partition coefficient (Wildman–Crippen LogP) is 3.83. The van der Waals surface area contributed by atoms with Crippen LogP contribution >= 0.6 is 0 Å². The van der Waals surface area contributed by atoms with Gasteiger partial charge < -0.3 is 10.2 Å². The van der Waals surface area contributed by atoms with E-state index >= 15 is 0 Å². The van der Waals surface area contributed by atoms with Crippen LogP contribution in [0.15, 0.2) is 37.2 Å². The summed E-state index contributed by atoms with van der Waals surface area (Å²) in [6.45, 7) is 11.1. The number of hydrogen-bond donors (Lipinski definition) is 1. The lowest BCUT2D eigenvalue weighted by atomic mass is 10.1. The summed E-state index contributed by atoms with van der Waals surface area (Å²) in [4.78, 5) is 2.24. The Morgan fingerprint density at radius 2 is 2.25 bits per heavy atom. The summed E-state index contributed by atoms with van der Waals surface area (Å²) in [5, 5.41) is 3.31. The molecule has 1 aromatic carbocycles. The van der Waals surface area contributed by atoms with Crippen molar-refractivity contribution in [1.82, 2.24) is 0 Å². The minimum Gasteiger partial charge on any atom is -0.340 e. The van der Waals surface area contributed by atoms with Gasteiger partial charge in [-0.05, 0) is 24.1 Å². The number of anilines is 2. The Morgan fingerprint density at radius 1 is 1.44 bits per heavy atom. The van der Waals surface area contributed by atoms with E-state index in [1.807, 2.05) is 6.08 Å². The van der Waals surface area contributed by atoms with E-state index in [4.69, 9.17) is 0 Å². The van der Waals surface area contributed by atoms with Gasteiger partial charge in [0.2, 0.25) is 0 Å². The van der Waals surface area contributed by atoms with Crippen LogP contribution in [0.2, 0.25) is 0 Å². The van der Waals surface area contributed by atoms with E-state index in [1.165, 1.54) is 18.5 Å². The zero-order chi connectivity index (χ0) is 11.5. The van der Waals surface area contributed by atoms with Crippen LogP contribution in [-0.4, -0.2) is 6.54 Å². The summed E-state index contributed by atoms with van der Waals surface area (Å²) >= 11 is 0. The molecule has 0 bridgehead atoms. The Bertz CT molecular complexity index is 421. The van der Waals surface area contributed by atoms with Crippen molar-refractivity contribution in [3.63, 3.8) is 0 Å². The van der Waals surface area contributed by atoms with Gasteiger partial charge in [0.15, 0.2) is 0 Å². The molecule has 0 amide bonds. The highest BCUT2D eigenvalue weighted by molar-refractivity contribution is 5.82. The molecule has 0 unspecified atom stereocenters. The van der Waals surface area contributed by atoms with Crippen LogP contribution in [0.1, 0.15) is 25.3 Å². The fourth-order valence-electron chi connectivity index (χ4n) is 1.96. The van der Waals surface area contributed by atoms with E-state index in [0.29, 0.717) is 0 Å². The van der Waals surface area contributed by atoms with Gasteiger partial charge in [-0.25, -0.2) is 0 Å². The molecule has 0 saturated heterocycles. The second-order valence-electron chi connectivity index (χ2n) is 4.06. The van der Waals surface area contributed by atoms with Gasteiger partial charge in [-0.1, -0.05) is 38.6 Å². The summed E-state index contributed by atoms with van der Waals surface area (Å²) < 4.78 is 0. The zero-order valence-electron chi connectivity index (χ0n) is 9.79. The lowest BCUT2D eigenvalue weighted by Gasteiger charge is -2.18. The Hall–Kier alpha value is -1.70. The first kappa shape index (κ1) is 10.8. The molecule has 2 rings (SSSR count). The molecule has 84 valence electrons. The van der Waals surface area contributed by atoms with E-state index in [-0.39, 0.29) is 0 Å². The van der Waals surface area contributed by atoms with Crippen LogP contribution in [0.3, 0.4) is 0 Å². The molecule has 1 heterocycles. The van der Waals surface area contributed by atoms with Crippen LogP contribution in [0.25, 0.3) is 6.08 Å². The van der Waals surface area contributed by atoms with Crippen molar-refractivity contribution in [3.8, 4) is 0 Å². The lowest BCUT2D eigenvalue weighted by Crippen LogP contribution is -2.20. The molecule has 0 radical (unpaired) electrons. The number of nitrogens with zero attached hydrogens (tertiary/aromatic N) is 1. The molecule has 1 aromatic rings. The van der Waals surface area contributed by atoms with Gasteiger partial charge in [-0.2, -0.15) is 0 Å². The van der Waals surface area contributed by atoms with Crippen LogP contribution in [0.5, 0.6) is 0 Å². The predicted molar refractivity (Wildman–Crippen MR) is 71.5 cm³/mol. The first-order chi connectivity index (χ1) is 7.76. The van der Waals surface area contributed by atoms with Crippen molar-refractivity contribution in [3.05, 3.63) is 42.7 Å². The third kappa shape index (κ3) is 1.83. The van der Waals surface area contributed by atoms with E-state index in [0.717, 1.165) is 23.6 Å². The normalized spacial score (nSPS) is 13.6. The first-order valence-corrected chi connectivity index (χ1v) is 5.76. The van der Waals surface area contributed by atoms with Crippen molar-refractivity contribution < 1.29 is 0 Å². The fourth-order valence-corrected chi connectivity index (χ4v) is 1.96. The van der Waals surface area contributed by atoms with E-state index in [9.17, 15) is 0 Å². The van der Waals surface area contributed by atoms with Crippen molar-refractivity contribution in [1.29, 1.82) is 0 Å². The minimum atomic E-state index is 0.977. The fraction of sp³-hybridized carbons (Fsp3) is 0.286. The monoisotopic (exact) mass is 214 g/mol. The van der Waals surface area contributed by atoms with Crippen molar-refractivity contribution >= 4 is 17.5 Å². The molecular formula is C14H18N2. The van der Waals surface area contributed by atoms with Crippen LogP contribution in [-0.2, 0) is 0 Å². The van der Waals surface area contributed by atoms with Crippen LogP contribution < -0.4 is 10.2 Å². The summed E-state index contributed by atoms with van der Waals surface area (Å²) in [7, 11) is 0. The van der Waals surface area contributed by atoms with Crippen molar-refractivity contribution in [2.45, 2.75) is 19.8 Å². The minimum absolute atomic E-state index is 0.977. The maximum Gasteiger partial charge on any atom is 0.103 e. The maximum atomic E-state index is 4.05. The van der Waals surface area contributed by atoms with E-state index in [2.05, 4.69) is 48.5 Å². The number of rotatable bonds is 4. The third-order valence-corrected chi connectivity index (χ3v) is 2.89. The van der Waals surface area contributed by atoms with E-state index < -0.39 is 0 Å². The van der Waals surface area contributed by atoms with Gasteiger partial charge in [0, 0.05) is 6.54 Å².